The third-order valence-electron chi connectivity index (χ3n) is 4.26. The van der Waals surface area contributed by atoms with E-state index in [4.69, 9.17) is 4.74 Å². The van der Waals surface area contributed by atoms with Gasteiger partial charge in [-0.05, 0) is 40.6 Å². The molecule has 2 amide bonds. The minimum Gasteiger partial charge on any atom is -0.497 e. The van der Waals surface area contributed by atoms with Crippen LogP contribution in [0.15, 0.2) is 66.7 Å². The number of hydrogen-bond donors (Lipinski definition) is 2. The molecule has 138 valence electrons. The first-order valence-corrected chi connectivity index (χ1v) is 8.82. The maximum Gasteiger partial charge on any atom is 0.251 e. The zero-order chi connectivity index (χ0) is 19.1. The number of fused-ring (bicyclic) bond motifs is 1. The van der Waals surface area contributed by atoms with Crippen LogP contribution in [0.3, 0.4) is 0 Å². The number of carbonyl (C=O) groups excluding carboxylic acids is 2. The van der Waals surface area contributed by atoms with Gasteiger partial charge in [-0.1, -0.05) is 42.5 Å². The molecule has 0 aromatic heterocycles. The van der Waals surface area contributed by atoms with E-state index in [9.17, 15) is 9.59 Å². The van der Waals surface area contributed by atoms with Crippen LogP contribution in [-0.4, -0.2) is 32.0 Å². The SMILES string of the molecule is COc1ccc(C(=O)NCCNC(=O)Cc2ccc3ccccc3c2)cc1. The average Bonchev–Trinajstić information content (AvgIpc) is 2.71. The third kappa shape index (κ3) is 5.07. The lowest BCUT2D eigenvalue weighted by atomic mass is 10.1. The van der Waals surface area contributed by atoms with Crippen LogP contribution >= 0.6 is 0 Å². The maximum atomic E-state index is 12.1. The Kier molecular flexibility index (Phi) is 6.05. The van der Waals surface area contributed by atoms with Gasteiger partial charge in [0, 0.05) is 18.7 Å². The molecule has 0 aliphatic rings. The van der Waals surface area contributed by atoms with Crippen molar-refractivity contribution >= 4 is 22.6 Å². The molecule has 0 saturated carbocycles. The number of nitrogens with one attached hydrogen (secondary N) is 2. The standard InChI is InChI=1S/C22H22N2O3/c1-27-20-10-8-18(9-11-20)22(26)24-13-12-23-21(25)15-16-6-7-17-4-2-3-5-19(17)14-16/h2-11,14H,12-13,15H2,1H3,(H,23,25)(H,24,26). The van der Waals surface area contributed by atoms with Crippen molar-refractivity contribution in [2.75, 3.05) is 20.2 Å². The molecular formula is C22H22N2O3. The summed E-state index contributed by atoms with van der Waals surface area (Å²) in [6, 6.07) is 20.9. The normalized spacial score (nSPS) is 10.4. The number of carbonyl (C=O) groups is 2. The molecule has 3 aromatic carbocycles. The summed E-state index contributed by atoms with van der Waals surface area (Å²) >= 11 is 0. The number of hydrogen-bond acceptors (Lipinski definition) is 3. The zero-order valence-electron chi connectivity index (χ0n) is 15.2. The summed E-state index contributed by atoms with van der Waals surface area (Å²) in [5.74, 6) is 0.456. The minimum absolute atomic E-state index is 0.0658. The van der Waals surface area contributed by atoms with E-state index in [1.54, 1.807) is 31.4 Å². The Labute approximate surface area is 158 Å². The van der Waals surface area contributed by atoms with Crippen molar-refractivity contribution in [2.45, 2.75) is 6.42 Å². The van der Waals surface area contributed by atoms with Gasteiger partial charge in [-0.15, -0.1) is 0 Å². The quantitative estimate of drug-likeness (QED) is 0.635. The van der Waals surface area contributed by atoms with Gasteiger partial charge in [0.05, 0.1) is 13.5 Å². The zero-order valence-corrected chi connectivity index (χ0v) is 15.2. The first-order chi connectivity index (χ1) is 13.2. The number of benzene rings is 3. The molecule has 0 heterocycles. The van der Waals surface area contributed by atoms with Crippen molar-refractivity contribution in [3.8, 4) is 5.75 Å². The van der Waals surface area contributed by atoms with Crippen LogP contribution in [0.25, 0.3) is 10.8 Å². The molecule has 0 radical (unpaired) electrons. The molecule has 0 aliphatic heterocycles. The van der Waals surface area contributed by atoms with Crippen molar-refractivity contribution in [1.29, 1.82) is 0 Å². The van der Waals surface area contributed by atoms with Crippen LogP contribution in [-0.2, 0) is 11.2 Å². The molecular weight excluding hydrogens is 340 g/mol. The van der Waals surface area contributed by atoms with Gasteiger partial charge in [-0.3, -0.25) is 9.59 Å². The number of methoxy groups -OCH3 is 1. The summed E-state index contributed by atoms with van der Waals surface area (Å²) in [5.41, 5.74) is 1.52. The summed E-state index contributed by atoms with van der Waals surface area (Å²) in [7, 11) is 1.58. The van der Waals surface area contributed by atoms with Gasteiger partial charge >= 0.3 is 0 Å². The maximum absolute atomic E-state index is 12.1. The molecule has 0 atom stereocenters. The molecule has 3 aromatic rings. The molecule has 0 fully saturated rings. The smallest absolute Gasteiger partial charge is 0.251 e. The fraction of sp³-hybridized carbons (Fsp3) is 0.182. The Morgan fingerprint density at radius 3 is 2.30 bits per heavy atom. The van der Waals surface area contributed by atoms with E-state index in [1.807, 2.05) is 42.5 Å². The lowest BCUT2D eigenvalue weighted by Crippen LogP contribution is -2.35. The van der Waals surface area contributed by atoms with Crippen molar-refractivity contribution < 1.29 is 14.3 Å². The summed E-state index contributed by atoms with van der Waals surface area (Å²) in [4.78, 5) is 24.1. The highest BCUT2D eigenvalue weighted by Crippen LogP contribution is 2.16. The molecule has 2 N–H and O–H groups in total. The fourth-order valence-corrected chi connectivity index (χ4v) is 2.82. The Morgan fingerprint density at radius 2 is 1.56 bits per heavy atom. The van der Waals surface area contributed by atoms with Gasteiger partial charge in [0.15, 0.2) is 0 Å². The Hall–Kier alpha value is -3.34. The number of rotatable bonds is 7. The highest BCUT2D eigenvalue weighted by molar-refractivity contribution is 5.94. The van der Waals surface area contributed by atoms with Crippen LogP contribution < -0.4 is 15.4 Å². The van der Waals surface area contributed by atoms with E-state index in [1.165, 1.54) is 0 Å². The van der Waals surface area contributed by atoms with Crippen LogP contribution in [0.5, 0.6) is 5.75 Å². The highest BCUT2D eigenvalue weighted by atomic mass is 16.5. The van der Waals surface area contributed by atoms with Gasteiger partial charge in [0.1, 0.15) is 5.75 Å². The molecule has 27 heavy (non-hydrogen) atoms. The molecule has 3 rings (SSSR count). The largest absolute Gasteiger partial charge is 0.497 e. The molecule has 5 nitrogen and oxygen atoms in total. The lowest BCUT2D eigenvalue weighted by Gasteiger charge is -2.08. The van der Waals surface area contributed by atoms with E-state index in [2.05, 4.69) is 10.6 Å². The van der Waals surface area contributed by atoms with Gasteiger partial charge in [0.25, 0.3) is 5.91 Å². The minimum atomic E-state index is -0.179. The van der Waals surface area contributed by atoms with Crippen LogP contribution in [0.1, 0.15) is 15.9 Å². The van der Waals surface area contributed by atoms with Gasteiger partial charge < -0.3 is 15.4 Å². The molecule has 5 heteroatoms. The molecule has 0 spiro atoms. The van der Waals surface area contributed by atoms with Gasteiger partial charge in [0.2, 0.25) is 5.91 Å². The lowest BCUT2D eigenvalue weighted by molar-refractivity contribution is -0.120. The third-order valence-corrected chi connectivity index (χ3v) is 4.26. The predicted octanol–water partition coefficient (Wildman–Crippen LogP) is 2.94. The van der Waals surface area contributed by atoms with E-state index in [0.29, 0.717) is 30.8 Å². The van der Waals surface area contributed by atoms with Crippen molar-refractivity contribution in [3.05, 3.63) is 77.9 Å². The van der Waals surface area contributed by atoms with Crippen LogP contribution in [0, 0.1) is 0 Å². The van der Waals surface area contributed by atoms with E-state index >= 15 is 0 Å². The Bertz CT molecular complexity index is 936. The highest BCUT2D eigenvalue weighted by Gasteiger charge is 2.06. The molecule has 0 saturated heterocycles. The van der Waals surface area contributed by atoms with Crippen LogP contribution in [0.4, 0.5) is 0 Å². The predicted molar refractivity (Wildman–Crippen MR) is 106 cm³/mol. The first-order valence-electron chi connectivity index (χ1n) is 8.82. The van der Waals surface area contributed by atoms with E-state index in [0.717, 1.165) is 16.3 Å². The Balaban J connectivity index is 1.42. The molecule has 0 unspecified atom stereocenters. The van der Waals surface area contributed by atoms with Gasteiger partial charge in [-0.25, -0.2) is 0 Å². The number of amides is 2. The molecule has 0 aliphatic carbocycles. The van der Waals surface area contributed by atoms with Crippen LogP contribution in [0.2, 0.25) is 0 Å². The molecule has 0 bridgehead atoms. The van der Waals surface area contributed by atoms with Crippen molar-refractivity contribution in [2.24, 2.45) is 0 Å². The monoisotopic (exact) mass is 362 g/mol. The second kappa shape index (κ2) is 8.85. The summed E-state index contributed by atoms with van der Waals surface area (Å²) < 4.78 is 5.07. The summed E-state index contributed by atoms with van der Waals surface area (Å²) in [6.45, 7) is 0.753. The first kappa shape index (κ1) is 18.5. The van der Waals surface area contributed by atoms with Crippen molar-refractivity contribution in [3.63, 3.8) is 0 Å². The van der Waals surface area contributed by atoms with Crippen molar-refractivity contribution in [1.82, 2.24) is 10.6 Å². The fourth-order valence-electron chi connectivity index (χ4n) is 2.82. The van der Waals surface area contributed by atoms with E-state index < -0.39 is 0 Å². The second-order valence-corrected chi connectivity index (χ2v) is 6.19. The van der Waals surface area contributed by atoms with E-state index in [-0.39, 0.29) is 11.8 Å². The Morgan fingerprint density at radius 1 is 0.852 bits per heavy atom. The topological polar surface area (TPSA) is 67.4 Å². The average molecular weight is 362 g/mol. The summed E-state index contributed by atoms with van der Waals surface area (Å²) in [6.07, 6.45) is 0.317. The second-order valence-electron chi connectivity index (χ2n) is 6.19. The summed E-state index contributed by atoms with van der Waals surface area (Å²) in [5, 5.41) is 7.89. The number of ether oxygens (including phenoxy) is 1. The van der Waals surface area contributed by atoms with Gasteiger partial charge in [-0.2, -0.15) is 0 Å².